The van der Waals surface area contributed by atoms with Crippen LogP contribution in [0.2, 0.25) is 0 Å². The fourth-order valence-corrected chi connectivity index (χ4v) is 3.12. The zero-order valence-corrected chi connectivity index (χ0v) is 15.0. The second kappa shape index (κ2) is 7.28. The van der Waals surface area contributed by atoms with E-state index in [9.17, 15) is 5.11 Å². The molecule has 2 heterocycles. The maximum atomic E-state index is 10.3. The quantitative estimate of drug-likeness (QED) is 0.857. The van der Waals surface area contributed by atoms with Gasteiger partial charge >= 0.3 is 0 Å². The molecule has 3 rings (SSSR count). The van der Waals surface area contributed by atoms with Gasteiger partial charge in [0.1, 0.15) is 18.3 Å². The Morgan fingerprint density at radius 2 is 1.64 bits per heavy atom. The lowest BCUT2D eigenvalue weighted by Crippen LogP contribution is -2.71. The van der Waals surface area contributed by atoms with Crippen molar-refractivity contribution in [3.8, 4) is 0 Å². The highest BCUT2D eigenvalue weighted by atomic mass is 16.8. The maximum Gasteiger partial charge on any atom is 0.220 e. The molecular formula is C18H26O7. The van der Waals surface area contributed by atoms with Crippen molar-refractivity contribution in [2.45, 2.75) is 56.6 Å². The van der Waals surface area contributed by atoms with Crippen molar-refractivity contribution in [3.63, 3.8) is 0 Å². The molecule has 2 fully saturated rings. The number of fused-ring (bicyclic) bond motifs is 1. The van der Waals surface area contributed by atoms with E-state index in [1.807, 2.05) is 30.3 Å². The van der Waals surface area contributed by atoms with Gasteiger partial charge < -0.3 is 33.5 Å². The third-order valence-corrected chi connectivity index (χ3v) is 4.99. The summed E-state index contributed by atoms with van der Waals surface area (Å²) in [5.74, 6) is -2.36. The highest BCUT2D eigenvalue weighted by Gasteiger charge is 2.61. The molecule has 0 radical (unpaired) electrons. The van der Waals surface area contributed by atoms with Gasteiger partial charge in [-0.3, -0.25) is 0 Å². The van der Waals surface area contributed by atoms with Crippen molar-refractivity contribution in [1.29, 1.82) is 0 Å². The Morgan fingerprint density at radius 1 is 1.04 bits per heavy atom. The van der Waals surface area contributed by atoms with Gasteiger partial charge in [0, 0.05) is 14.2 Å². The molecule has 0 saturated carbocycles. The van der Waals surface area contributed by atoms with Gasteiger partial charge in [-0.05, 0) is 19.4 Å². The van der Waals surface area contributed by atoms with Gasteiger partial charge in [0.15, 0.2) is 6.29 Å². The van der Waals surface area contributed by atoms with Crippen LogP contribution in [0.25, 0.3) is 0 Å². The average molecular weight is 354 g/mol. The SMILES string of the molecule is CO[C@@]1(C)O[C@H]2[C@H](O[C@]1(C)OC)C(OCc1ccccc1)OC[C@@H]2O. The molecular weight excluding hydrogens is 328 g/mol. The Labute approximate surface area is 147 Å². The van der Waals surface area contributed by atoms with E-state index < -0.39 is 36.2 Å². The summed E-state index contributed by atoms with van der Waals surface area (Å²) in [4.78, 5) is 0. The Balaban J connectivity index is 1.77. The summed E-state index contributed by atoms with van der Waals surface area (Å²) in [7, 11) is 3.02. The lowest BCUT2D eigenvalue weighted by Gasteiger charge is -2.55. The minimum Gasteiger partial charge on any atom is -0.388 e. The summed E-state index contributed by atoms with van der Waals surface area (Å²) in [5.41, 5.74) is 1.02. The molecule has 0 amide bonds. The Morgan fingerprint density at radius 3 is 2.24 bits per heavy atom. The van der Waals surface area contributed by atoms with Gasteiger partial charge in [-0.25, -0.2) is 0 Å². The average Bonchev–Trinajstić information content (AvgIpc) is 2.64. The standard InChI is InChI=1S/C18H26O7/c1-17(20-3)18(2,21-4)25-15-14(24-17)13(19)11-23-16(15)22-10-12-8-6-5-7-9-12/h5-9,13-16,19H,10-11H2,1-4H3/t13-,14+,15-,16?,17-,18-/m0/s1. The van der Waals surface area contributed by atoms with E-state index in [-0.39, 0.29) is 6.61 Å². The third kappa shape index (κ3) is 3.46. The topological polar surface area (TPSA) is 75.6 Å². The Kier molecular flexibility index (Phi) is 5.45. The van der Waals surface area contributed by atoms with E-state index >= 15 is 0 Å². The minimum atomic E-state index is -1.18. The summed E-state index contributed by atoms with van der Waals surface area (Å²) in [6.07, 6.45) is -2.84. The van der Waals surface area contributed by atoms with E-state index in [2.05, 4.69) is 0 Å². The minimum absolute atomic E-state index is 0.0907. The van der Waals surface area contributed by atoms with Crippen LogP contribution in [0.15, 0.2) is 30.3 Å². The van der Waals surface area contributed by atoms with Crippen molar-refractivity contribution in [2.24, 2.45) is 0 Å². The zero-order valence-electron chi connectivity index (χ0n) is 15.0. The molecule has 2 aliphatic rings. The molecule has 1 N–H and O–H groups in total. The van der Waals surface area contributed by atoms with Gasteiger partial charge in [0.2, 0.25) is 11.6 Å². The fraction of sp³-hybridized carbons (Fsp3) is 0.667. The van der Waals surface area contributed by atoms with Crippen LogP contribution in [-0.2, 0) is 35.0 Å². The first-order valence-corrected chi connectivity index (χ1v) is 8.33. The number of hydrogen-bond acceptors (Lipinski definition) is 7. The van der Waals surface area contributed by atoms with E-state index in [1.165, 1.54) is 14.2 Å². The molecule has 0 bridgehead atoms. The summed E-state index contributed by atoms with van der Waals surface area (Å²) in [6.45, 7) is 3.89. The lowest BCUT2D eigenvalue weighted by atomic mass is 9.98. The first-order valence-electron chi connectivity index (χ1n) is 8.33. The molecule has 1 aromatic carbocycles. The molecule has 2 aliphatic heterocycles. The number of aliphatic hydroxyl groups excluding tert-OH is 1. The molecule has 7 nitrogen and oxygen atoms in total. The molecule has 2 saturated heterocycles. The fourth-order valence-electron chi connectivity index (χ4n) is 3.12. The molecule has 25 heavy (non-hydrogen) atoms. The molecule has 1 unspecified atom stereocenters. The summed E-state index contributed by atoms with van der Waals surface area (Å²) in [5, 5.41) is 10.3. The Hall–Kier alpha value is -1.06. The summed E-state index contributed by atoms with van der Waals surface area (Å²) in [6, 6.07) is 9.77. The van der Waals surface area contributed by atoms with Crippen molar-refractivity contribution < 1.29 is 33.5 Å². The largest absolute Gasteiger partial charge is 0.388 e. The second-order valence-electron chi connectivity index (χ2n) is 6.53. The van der Waals surface area contributed by atoms with Gasteiger partial charge in [-0.15, -0.1) is 0 Å². The monoisotopic (exact) mass is 354 g/mol. The summed E-state index contributed by atoms with van der Waals surface area (Å²) < 4.78 is 34.7. The smallest absolute Gasteiger partial charge is 0.220 e. The van der Waals surface area contributed by atoms with Gasteiger partial charge in [0.05, 0.1) is 13.2 Å². The van der Waals surface area contributed by atoms with Crippen molar-refractivity contribution in [1.82, 2.24) is 0 Å². The molecule has 140 valence electrons. The number of rotatable bonds is 5. The Bertz CT molecular complexity index is 568. The van der Waals surface area contributed by atoms with Gasteiger partial charge in [0.25, 0.3) is 0 Å². The van der Waals surface area contributed by atoms with Crippen molar-refractivity contribution >= 4 is 0 Å². The predicted octanol–water partition coefficient (Wildman–Crippen LogP) is 1.43. The van der Waals surface area contributed by atoms with E-state index in [0.717, 1.165) is 5.56 Å². The number of benzene rings is 1. The normalized spacial score (nSPS) is 41.3. The van der Waals surface area contributed by atoms with Crippen LogP contribution in [0.3, 0.4) is 0 Å². The highest BCUT2D eigenvalue weighted by molar-refractivity contribution is 5.13. The number of aliphatic hydroxyl groups is 1. The molecule has 0 aromatic heterocycles. The molecule has 6 atom stereocenters. The van der Waals surface area contributed by atoms with E-state index in [1.54, 1.807) is 13.8 Å². The van der Waals surface area contributed by atoms with Crippen LogP contribution in [0, 0.1) is 0 Å². The van der Waals surface area contributed by atoms with E-state index in [4.69, 9.17) is 28.4 Å². The number of methoxy groups -OCH3 is 2. The van der Waals surface area contributed by atoms with Gasteiger partial charge in [-0.2, -0.15) is 0 Å². The van der Waals surface area contributed by atoms with Crippen molar-refractivity contribution in [2.75, 3.05) is 20.8 Å². The van der Waals surface area contributed by atoms with E-state index in [0.29, 0.717) is 6.61 Å². The van der Waals surface area contributed by atoms with Crippen LogP contribution in [0.5, 0.6) is 0 Å². The zero-order chi connectivity index (χ0) is 18.1. The molecule has 0 aliphatic carbocycles. The number of ether oxygens (including phenoxy) is 6. The third-order valence-electron chi connectivity index (χ3n) is 4.99. The van der Waals surface area contributed by atoms with Crippen LogP contribution in [0.1, 0.15) is 19.4 Å². The maximum absolute atomic E-state index is 10.3. The molecule has 7 heteroatoms. The highest BCUT2D eigenvalue weighted by Crippen LogP contribution is 2.42. The van der Waals surface area contributed by atoms with Crippen molar-refractivity contribution in [3.05, 3.63) is 35.9 Å². The predicted molar refractivity (Wildman–Crippen MR) is 87.6 cm³/mol. The summed E-state index contributed by atoms with van der Waals surface area (Å²) >= 11 is 0. The first kappa shape index (κ1) is 18.7. The van der Waals surface area contributed by atoms with Crippen LogP contribution in [-0.4, -0.2) is 62.1 Å². The van der Waals surface area contributed by atoms with Crippen LogP contribution < -0.4 is 0 Å². The molecule has 1 aromatic rings. The first-order chi connectivity index (χ1) is 11.9. The van der Waals surface area contributed by atoms with Crippen LogP contribution in [0.4, 0.5) is 0 Å². The second-order valence-corrected chi connectivity index (χ2v) is 6.53. The van der Waals surface area contributed by atoms with Crippen LogP contribution >= 0.6 is 0 Å². The number of hydrogen-bond donors (Lipinski definition) is 1. The lowest BCUT2D eigenvalue weighted by molar-refractivity contribution is -0.479. The van der Waals surface area contributed by atoms with Gasteiger partial charge in [-0.1, -0.05) is 30.3 Å². The molecule has 0 spiro atoms.